The molecule has 0 saturated heterocycles. The minimum atomic E-state index is -0.476. The fourth-order valence-electron chi connectivity index (χ4n) is 1.52. The molecule has 96 valence electrons. The second-order valence-corrected chi connectivity index (χ2v) is 3.73. The minimum Gasteiger partial charge on any atom is -0.463 e. The van der Waals surface area contributed by atoms with Gasteiger partial charge in [-0.05, 0) is 6.07 Å². The highest BCUT2D eigenvalue weighted by atomic mass is 16.5. The van der Waals surface area contributed by atoms with E-state index in [1.807, 2.05) is 11.6 Å². The van der Waals surface area contributed by atoms with Crippen LogP contribution in [-0.4, -0.2) is 27.8 Å². The van der Waals surface area contributed by atoms with Gasteiger partial charge in [-0.25, -0.2) is 4.79 Å². The molecule has 0 bridgehead atoms. The maximum atomic E-state index is 11.4. The third-order valence-corrected chi connectivity index (χ3v) is 2.52. The van der Waals surface area contributed by atoms with Crippen LogP contribution in [0.5, 0.6) is 0 Å². The molecule has 0 amide bonds. The van der Waals surface area contributed by atoms with Gasteiger partial charge in [-0.3, -0.25) is 0 Å². The lowest BCUT2D eigenvalue weighted by molar-refractivity contribution is 0.0563. The van der Waals surface area contributed by atoms with Gasteiger partial charge in [0, 0.05) is 19.2 Å². The van der Waals surface area contributed by atoms with Crippen molar-refractivity contribution in [2.45, 2.75) is 13.1 Å². The van der Waals surface area contributed by atoms with Crippen molar-refractivity contribution in [1.29, 1.82) is 0 Å². The summed E-state index contributed by atoms with van der Waals surface area (Å²) in [6.45, 7) is 1.05. The molecule has 0 unspecified atom stereocenters. The Morgan fingerprint density at radius 3 is 3.06 bits per heavy atom. The van der Waals surface area contributed by atoms with E-state index in [0.717, 1.165) is 11.4 Å². The zero-order chi connectivity index (χ0) is 13.0. The summed E-state index contributed by atoms with van der Waals surface area (Å²) in [7, 11) is 3.19. The van der Waals surface area contributed by atoms with E-state index in [1.165, 1.54) is 13.4 Å². The van der Waals surface area contributed by atoms with E-state index in [4.69, 9.17) is 4.42 Å². The van der Waals surface area contributed by atoms with Crippen LogP contribution in [-0.2, 0) is 24.9 Å². The molecule has 2 heterocycles. The van der Waals surface area contributed by atoms with Gasteiger partial charge in [0.2, 0.25) is 5.76 Å². The maximum Gasteiger partial charge on any atom is 0.374 e. The minimum absolute atomic E-state index is 0.225. The van der Waals surface area contributed by atoms with E-state index >= 15 is 0 Å². The summed E-state index contributed by atoms with van der Waals surface area (Å²) in [6, 6.07) is 1.73. The number of rotatable bonds is 5. The van der Waals surface area contributed by atoms with Gasteiger partial charge in [0.05, 0.1) is 19.9 Å². The van der Waals surface area contributed by atoms with Crippen molar-refractivity contribution < 1.29 is 13.9 Å². The van der Waals surface area contributed by atoms with Crippen LogP contribution >= 0.6 is 0 Å². The first kappa shape index (κ1) is 12.3. The predicted octanol–water partition coefficient (Wildman–Crippen LogP) is 0.484. The van der Waals surface area contributed by atoms with Crippen LogP contribution < -0.4 is 5.32 Å². The molecule has 0 atom stereocenters. The van der Waals surface area contributed by atoms with Crippen LogP contribution in [0.15, 0.2) is 23.1 Å². The number of ether oxygens (including phenoxy) is 1. The first-order valence-corrected chi connectivity index (χ1v) is 5.40. The van der Waals surface area contributed by atoms with E-state index in [0.29, 0.717) is 13.1 Å². The highest BCUT2D eigenvalue weighted by Crippen LogP contribution is 2.11. The van der Waals surface area contributed by atoms with Gasteiger partial charge in [-0.15, -0.1) is 10.2 Å². The molecule has 0 spiro atoms. The van der Waals surface area contributed by atoms with Gasteiger partial charge in [-0.2, -0.15) is 0 Å². The Hall–Kier alpha value is -2.15. The number of nitrogens with zero attached hydrogens (tertiary/aromatic N) is 3. The van der Waals surface area contributed by atoms with Crippen molar-refractivity contribution in [2.24, 2.45) is 7.05 Å². The van der Waals surface area contributed by atoms with Crippen LogP contribution in [0.4, 0.5) is 0 Å². The molecule has 0 aliphatic carbocycles. The second-order valence-electron chi connectivity index (χ2n) is 3.73. The van der Waals surface area contributed by atoms with Crippen molar-refractivity contribution in [3.05, 3.63) is 35.8 Å². The Balaban J connectivity index is 1.93. The Morgan fingerprint density at radius 2 is 2.39 bits per heavy atom. The average Bonchev–Trinajstić information content (AvgIpc) is 2.98. The molecule has 0 fully saturated rings. The van der Waals surface area contributed by atoms with Gasteiger partial charge in [0.1, 0.15) is 12.2 Å². The fourth-order valence-corrected chi connectivity index (χ4v) is 1.52. The summed E-state index contributed by atoms with van der Waals surface area (Å²) >= 11 is 0. The van der Waals surface area contributed by atoms with Crippen LogP contribution in [0.3, 0.4) is 0 Å². The normalized spacial score (nSPS) is 10.6. The molecule has 2 rings (SSSR count). The summed E-state index contributed by atoms with van der Waals surface area (Å²) in [5.41, 5.74) is 0.754. The van der Waals surface area contributed by atoms with Gasteiger partial charge in [-0.1, -0.05) is 0 Å². The number of furan rings is 1. The fraction of sp³-hybridized carbons (Fsp3) is 0.364. The van der Waals surface area contributed by atoms with E-state index in [9.17, 15) is 4.79 Å². The number of carbonyl (C=O) groups excluding carboxylic acids is 1. The molecule has 0 radical (unpaired) electrons. The number of hydrogen-bond donors (Lipinski definition) is 1. The first-order valence-electron chi connectivity index (χ1n) is 5.40. The second kappa shape index (κ2) is 5.46. The number of aryl methyl sites for hydroxylation is 1. The standard InChI is InChI=1S/C11H14N4O3/c1-15-7-13-14-9(15)6-12-5-8-3-4-18-10(8)11(16)17-2/h3-4,7,12H,5-6H2,1-2H3. The maximum absolute atomic E-state index is 11.4. The van der Waals surface area contributed by atoms with Crippen molar-refractivity contribution in [3.63, 3.8) is 0 Å². The van der Waals surface area contributed by atoms with Crippen molar-refractivity contribution in [2.75, 3.05) is 7.11 Å². The molecule has 0 aromatic carbocycles. The van der Waals surface area contributed by atoms with Crippen molar-refractivity contribution >= 4 is 5.97 Å². The lowest BCUT2D eigenvalue weighted by atomic mass is 10.2. The highest BCUT2D eigenvalue weighted by Gasteiger charge is 2.15. The average molecular weight is 250 g/mol. The summed E-state index contributed by atoms with van der Waals surface area (Å²) in [4.78, 5) is 11.4. The zero-order valence-corrected chi connectivity index (χ0v) is 10.2. The third kappa shape index (κ3) is 2.57. The summed E-state index contributed by atoms with van der Waals surface area (Å²) in [6.07, 6.45) is 3.10. The molecule has 2 aromatic heterocycles. The van der Waals surface area contributed by atoms with Crippen LogP contribution in [0.1, 0.15) is 21.9 Å². The Kier molecular flexibility index (Phi) is 3.73. The van der Waals surface area contributed by atoms with Gasteiger partial charge >= 0.3 is 5.97 Å². The van der Waals surface area contributed by atoms with E-state index in [2.05, 4.69) is 20.3 Å². The third-order valence-electron chi connectivity index (χ3n) is 2.52. The van der Waals surface area contributed by atoms with E-state index in [-0.39, 0.29) is 5.76 Å². The van der Waals surface area contributed by atoms with Gasteiger partial charge < -0.3 is 19.0 Å². The monoisotopic (exact) mass is 250 g/mol. The number of esters is 1. The summed E-state index contributed by atoms with van der Waals surface area (Å²) in [5.74, 6) is 0.566. The van der Waals surface area contributed by atoms with Gasteiger partial charge in [0.25, 0.3) is 0 Å². The number of nitrogens with one attached hydrogen (secondary N) is 1. The molecule has 18 heavy (non-hydrogen) atoms. The largest absolute Gasteiger partial charge is 0.463 e. The molecule has 2 aromatic rings. The number of carbonyl (C=O) groups is 1. The smallest absolute Gasteiger partial charge is 0.374 e. The predicted molar refractivity (Wildman–Crippen MR) is 61.6 cm³/mol. The lowest BCUT2D eigenvalue weighted by Crippen LogP contribution is -2.17. The van der Waals surface area contributed by atoms with Crippen LogP contribution in [0.2, 0.25) is 0 Å². The Morgan fingerprint density at radius 1 is 1.56 bits per heavy atom. The summed E-state index contributed by atoms with van der Waals surface area (Å²) in [5, 5.41) is 10.9. The van der Waals surface area contributed by atoms with Crippen molar-refractivity contribution in [1.82, 2.24) is 20.1 Å². The molecule has 0 aliphatic heterocycles. The number of hydrogen-bond acceptors (Lipinski definition) is 6. The number of aromatic nitrogens is 3. The first-order chi connectivity index (χ1) is 8.72. The van der Waals surface area contributed by atoms with E-state index in [1.54, 1.807) is 12.4 Å². The summed E-state index contributed by atoms with van der Waals surface area (Å²) < 4.78 is 11.5. The topological polar surface area (TPSA) is 82.2 Å². The molecule has 7 heteroatoms. The molecule has 7 nitrogen and oxygen atoms in total. The van der Waals surface area contributed by atoms with Crippen LogP contribution in [0, 0.1) is 0 Å². The Labute approximate surface area is 104 Å². The molecule has 0 saturated carbocycles. The molecule has 1 N–H and O–H groups in total. The Bertz CT molecular complexity index is 532. The zero-order valence-electron chi connectivity index (χ0n) is 10.2. The molecule has 0 aliphatic rings. The van der Waals surface area contributed by atoms with Crippen molar-refractivity contribution in [3.8, 4) is 0 Å². The van der Waals surface area contributed by atoms with E-state index < -0.39 is 5.97 Å². The van der Waals surface area contributed by atoms with Crippen LogP contribution in [0.25, 0.3) is 0 Å². The molecular weight excluding hydrogens is 236 g/mol. The number of methoxy groups -OCH3 is 1. The highest BCUT2D eigenvalue weighted by molar-refractivity contribution is 5.87. The quantitative estimate of drug-likeness (QED) is 0.777. The lowest BCUT2D eigenvalue weighted by Gasteiger charge is -2.04. The van der Waals surface area contributed by atoms with Gasteiger partial charge in [0.15, 0.2) is 0 Å². The molecular formula is C11H14N4O3. The SMILES string of the molecule is COC(=O)c1occc1CNCc1nncn1C.